The molecule has 1 unspecified atom stereocenters. The van der Waals surface area contributed by atoms with Crippen molar-refractivity contribution in [2.75, 3.05) is 6.61 Å². The Morgan fingerprint density at radius 3 is 2.26 bits per heavy atom. The van der Waals surface area contributed by atoms with Crippen LogP contribution in [0, 0.1) is 6.92 Å². The van der Waals surface area contributed by atoms with E-state index in [0.717, 1.165) is 22.2 Å². The van der Waals surface area contributed by atoms with Crippen molar-refractivity contribution in [2.24, 2.45) is 7.05 Å². The number of rotatable bonds is 6. The summed E-state index contributed by atoms with van der Waals surface area (Å²) in [5.41, 5.74) is 5.19. The van der Waals surface area contributed by atoms with Crippen molar-refractivity contribution in [1.29, 1.82) is 0 Å². The van der Waals surface area contributed by atoms with E-state index in [0.29, 0.717) is 12.1 Å². The van der Waals surface area contributed by atoms with Crippen LogP contribution in [0.1, 0.15) is 43.4 Å². The molecule has 0 aliphatic carbocycles. The van der Waals surface area contributed by atoms with Crippen molar-refractivity contribution >= 4 is 19.2 Å². The van der Waals surface area contributed by atoms with E-state index in [1.807, 2.05) is 42.2 Å². The summed E-state index contributed by atoms with van der Waals surface area (Å²) in [6, 6.07) is 20.8. The Morgan fingerprint density at radius 2 is 1.62 bits per heavy atom. The third kappa shape index (κ3) is 4.42. The van der Waals surface area contributed by atoms with E-state index in [1.54, 1.807) is 4.57 Å². The van der Waals surface area contributed by atoms with Gasteiger partial charge in [0.15, 0.2) is 8.32 Å². The number of pyridine rings is 1. The SMILES string of the molecule is Cc1ccccc1-n1ccc2c(C(CO[Si](C)(C)C(C)(C)C)c3ccccc3)cn(C)c(=O)c21. The van der Waals surface area contributed by atoms with Crippen LogP contribution in [0.2, 0.25) is 18.1 Å². The van der Waals surface area contributed by atoms with E-state index in [2.05, 4.69) is 83.3 Å². The van der Waals surface area contributed by atoms with Crippen molar-refractivity contribution in [3.05, 3.63) is 100 Å². The Hall–Kier alpha value is -2.89. The Labute approximate surface area is 204 Å². The summed E-state index contributed by atoms with van der Waals surface area (Å²) in [5.74, 6) is 0.0253. The lowest BCUT2D eigenvalue weighted by molar-refractivity contribution is 0.276. The van der Waals surface area contributed by atoms with Crippen LogP contribution in [-0.2, 0) is 11.5 Å². The largest absolute Gasteiger partial charge is 0.416 e. The van der Waals surface area contributed by atoms with E-state index in [1.165, 1.54) is 5.56 Å². The van der Waals surface area contributed by atoms with Gasteiger partial charge in [-0.25, -0.2) is 0 Å². The Morgan fingerprint density at radius 1 is 0.971 bits per heavy atom. The lowest BCUT2D eigenvalue weighted by Crippen LogP contribution is -2.41. The predicted octanol–water partition coefficient (Wildman–Crippen LogP) is 6.79. The first-order valence-corrected chi connectivity index (χ1v) is 14.9. The summed E-state index contributed by atoms with van der Waals surface area (Å²) in [4.78, 5) is 13.4. The topological polar surface area (TPSA) is 36.2 Å². The number of nitrogens with zero attached hydrogens (tertiary/aromatic N) is 2. The van der Waals surface area contributed by atoms with Gasteiger partial charge in [0.05, 0.1) is 0 Å². The summed E-state index contributed by atoms with van der Waals surface area (Å²) in [5, 5.41) is 1.11. The molecule has 4 rings (SSSR count). The summed E-state index contributed by atoms with van der Waals surface area (Å²) in [7, 11) is -0.110. The van der Waals surface area contributed by atoms with Crippen LogP contribution in [-0.4, -0.2) is 24.1 Å². The Balaban J connectivity index is 1.90. The molecule has 0 fully saturated rings. The van der Waals surface area contributed by atoms with Gasteiger partial charge in [-0.3, -0.25) is 4.79 Å². The molecule has 0 radical (unpaired) electrons. The molecule has 34 heavy (non-hydrogen) atoms. The van der Waals surface area contributed by atoms with Crippen LogP contribution < -0.4 is 5.56 Å². The highest BCUT2D eigenvalue weighted by atomic mass is 28.4. The van der Waals surface area contributed by atoms with Gasteiger partial charge in [0.2, 0.25) is 0 Å². The molecule has 2 aromatic heterocycles. The molecular weight excluding hydrogens is 436 g/mol. The van der Waals surface area contributed by atoms with Crippen molar-refractivity contribution < 1.29 is 4.43 Å². The third-order valence-electron chi connectivity index (χ3n) is 7.42. The zero-order valence-corrected chi connectivity index (χ0v) is 22.4. The van der Waals surface area contributed by atoms with E-state index < -0.39 is 8.32 Å². The molecule has 0 bridgehead atoms. The highest BCUT2D eigenvalue weighted by Gasteiger charge is 2.38. The number of benzene rings is 2. The highest BCUT2D eigenvalue weighted by molar-refractivity contribution is 6.74. The predicted molar refractivity (Wildman–Crippen MR) is 145 cm³/mol. The molecule has 0 amide bonds. The first-order chi connectivity index (χ1) is 16.0. The molecular formula is C29H36N2O2Si. The molecule has 0 saturated carbocycles. The summed E-state index contributed by atoms with van der Waals surface area (Å²) in [6.45, 7) is 14.1. The second-order valence-electron chi connectivity index (χ2n) is 10.8. The van der Waals surface area contributed by atoms with E-state index in [9.17, 15) is 4.79 Å². The van der Waals surface area contributed by atoms with Crippen molar-refractivity contribution in [3.8, 4) is 5.69 Å². The van der Waals surface area contributed by atoms with Gasteiger partial charge in [0, 0.05) is 43.0 Å². The van der Waals surface area contributed by atoms with E-state index in [4.69, 9.17) is 4.43 Å². The number of hydrogen-bond donors (Lipinski definition) is 0. The summed E-state index contributed by atoms with van der Waals surface area (Å²) < 4.78 is 10.5. The number of aromatic nitrogens is 2. The standard InChI is InChI=1S/C29H36N2O2Si/c1-21-13-11-12-16-26(21)31-18-17-23-24(19-30(5)28(32)27(23)31)25(22-14-9-8-10-15-22)20-33-34(6,7)29(2,3)4/h8-19,25H,20H2,1-7H3. The minimum absolute atomic E-state index is 0.00382. The smallest absolute Gasteiger partial charge is 0.275 e. The quantitative estimate of drug-likeness (QED) is 0.290. The second-order valence-corrected chi connectivity index (χ2v) is 15.6. The molecule has 1 atom stereocenters. The summed E-state index contributed by atoms with van der Waals surface area (Å²) >= 11 is 0. The lowest BCUT2D eigenvalue weighted by Gasteiger charge is -2.37. The zero-order chi connectivity index (χ0) is 24.7. The molecule has 0 aliphatic heterocycles. The molecule has 5 heteroatoms. The highest BCUT2D eigenvalue weighted by Crippen LogP contribution is 2.39. The fourth-order valence-corrected chi connectivity index (χ4v) is 5.27. The molecule has 4 aromatic rings. The Kier molecular flexibility index (Phi) is 6.45. The van der Waals surface area contributed by atoms with Gasteiger partial charge in [-0.1, -0.05) is 69.3 Å². The minimum Gasteiger partial charge on any atom is -0.416 e. The van der Waals surface area contributed by atoms with Crippen molar-refractivity contribution in [3.63, 3.8) is 0 Å². The molecule has 0 aliphatic rings. The Bertz CT molecular complexity index is 1360. The maximum Gasteiger partial charge on any atom is 0.275 e. The molecule has 2 aromatic carbocycles. The summed E-state index contributed by atoms with van der Waals surface area (Å²) in [6.07, 6.45) is 4.02. The van der Waals surface area contributed by atoms with Gasteiger partial charge in [-0.15, -0.1) is 0 Å². The van der Waals surface area contributed by atoms with Crippen LogP contribution in [0.25, 0.3) is 16.6 Å². The van der Waals surface area contributed by atoms with Gasteiger partial charge < -0.3 is 13.6 Å². The van der Waals surface area contributed by atoms with Crippen molar-refractivity contribution in [2.45, 2.75) is 51.7 Å². The minimum atomic E-state index is -1.95. The molecule has 4 nitrogen and oxygen atoms in total. The average molecular weight is 473 g/mol. The average Bonchev–Trinajstić information content (AvgIpc) is 3.22. The van der Waals surface area contributed by atoms with Crippen LogP contribution in [0.5, 0.6) is 0 Å². The van der Waals surface area contributed by atoms with Gasteiger partial charge in [-0.05, 0) is 53.9 Å². The normalized spacial score (nSPS) is 13.4. The molecule has 0 spiro atoms. The number of aryl methyl sites for hydroxylation is 2. The monoisotopic (exact) mass is 472 g/mol. The van der Waals surface area contributed by atoms with Crippen LogP contribution in [0.3, 0.4) is 0 Å². The number of para-hydroxylation sites is 1. The second kappa shape index (κ2) is 9.04. The van der Waals surface area contributed by atoms with Crippen molar-refractivity contribution in [1.82, 2.24) is 9.13 Å². The van der Waals surface area contributed by atoms with Gasteiger partial charge in [0.1, 0.15) is 5.52 Å². The molecule has 178 valence electrons. The van der Waals surface area contributed by atoms with E-state index in [-0.39, 0.29) is 16.5 Å². The first-order valence-electron chi connectivity index (χ1n) is 12.0. The van der Waals surface area contributed by atoms with E-state index >= 15 is 0 Å². The maximum atomic E-state index is 13.4. The number of hydrogen-bond acceptors (Lipinski definition) is 2. The van der Waals surface area contributed by atoms with Gasteiger partial charge >= 0.3 is 0 Å². The van der Waals surface area contributed by atoms with Crippen LogP contribution >= 0.6 is 0 Å². The molecule has 0 N–H and O–H groups in total. The van der Waals surface area contributed by atoms with Crippen LogP contribution in [0.4, 0.5) is 0 Å². The molecule has 2 heterocycles. The fraction of sp³-hybridized carbons (Fsp3) is 0.345. The fourth-order valence-electron chi connectivity index (χ4n) is 4.26. The van der Waals surface area contributed by atoms with Gasteiger partial charge in [-0.2, -0.15) is 0 Å². The first kappa shape index (κ1) is 24.2. The zero-order valence-electron chi connectivity index (χ0n) is 21.4. The third-order valence-corrected chi connectivity index (χ3v) is 11.9. The van der Waals surface area contributed by atoms with Crippen LogP contribution in [0.15, 0.2) is 77.9 Å². The maximum absolute atomic E-state index is 13.4. The number of fused-ring (bicyclic) bond motifs is 1. The van der Waals surface area contributed by atoms with Gasteiger partial charge in [0.25, 0.3) is 5.56 Å². The lowest BCUT2D eigenvalue weighted by atomic mass is 9.91. The molecule has 0 saturated heterocycles.